The van der Waals surface area contributed by atoms with Crippen LogP contribution in [-0.2, 0) is 11.2 Å². The van der Waals surface area contributed by atoms with Gasteiger partial charge in [0.2, 0.25) is 0 Å². The number of carbonyl (C=O) groups is 1. The second-order valence-corrected chi connectivity index (χ2v) is 5.45. The van der Waals surface area contributed by atoms with E-state index in [4.69, 9.17) is 5.11 Å². The molecule has 1 aromatic rings. The summed E-state index contributed by atoms with van der Waals surface area (Å²) in [5.41, 5.74) is 2.08. The fourth-order valence-corrected chi connectivity index (χ4v) is 2.04. The lowest BCUT2D eigenvalue weighted by Gasteiger charge is -2.19. The molecule has 0 spiro atoms. The van der Waals surface area contributed by atoms with Gasteiger partial charge >= 0.3 is 5.97 Å². The van der Waals surface area contributed by atoms with E-state index in [-0.39, 0.29) is 6.54 Å². The fourth-order valence-electron chi connectivity index (χ4n) is 2.04. The van der Waals surface area contributed by atoms with E-state index in [1.165, 1.54) is 5.56 Å². The van der Waals surface area contributed by atoms with Crippen LogP contribution in [-0.4, -0.2) is 41.2 Å². The van der Waals surface area contributed by atoms with Gasteiger partial charge in [0, 0.05) is 6.54 Å². The molecular weight excluding hydrogens is 242 g/mol. The summed E-state index contributed by atoms with van der Waals surface area (Å²) in [4.78, 5) is 12.1. The summed E-state index contributed by atoms with van der Waals surface area (Å²) in [5.74, 6) is -0.278. The Bertz CT molecular complexity index is 400. The van der Waals surface area contributed by atoms with Crippen molar-refractivity contribution in [1.29, 1.82) is 0 Å². The van der Waals surface area contributed by atoms with Crippen molar-refractivity contribution in [3.8, 4) is 0 Å². The lowest BCUT2D eigenvalue weighted by atomic mass is 10.00. The minimum atomic E-state index is -0.887. The maximum atomic E-state index is 10.6. The quantitative estimate of drug-likeness (QED) is 0.791. The van der Waals surface area contributed by atoms with Crippen LogP contribution in [0, 0.1) is 5.92 Å². The van der Waals surface area contributed by atoms with Crippen LogP contribution in [0.4, 0.5) is 0 Å². The molecule has 4 heteroatoms. The molecule has 0 amide bonds. The Labute approximate surface area is 114 Å². The molecule has 0 saturated carbocycles. The Kier molecular flexibility index (Phi) is 5.99. The van der Waals surface area contributed by atoms with Gasteiger partial charge < -0.3 is 10.2 Å². The highest BCUT2D eigenvalue weighted by atomic mass is 16.4. The molecule has 0 aliphatic rings. The molecular formula is C15H23NO3. The summed E-state index contributed by atoms with van der Waals surface area (Å²) in [6.45, 7) is 4.59. The first kappa shape index (κ1) is 15.7. The van der Waals surface area contributed by atoms with Crippen molar-refractivity contribution in [3.63, 3.8) is 0 Å². The Morgan fingerprint density at radius 3 is 2.32 bits per heavy atom. The lowest BCUT2D eigenvalue weighted by molar-refractivity contribution is -0.138. The highest BCUT2D eigenvalue weighted by Gasteiger charge is 2.12. The zero-order chi connectivity index (χ0) is 14.4. The molecule has 19 heavy (non-hydrogen) atoms. The molecule has 1 unspecified atom stereocenters. The van der Waals surface area contributed by atoms with Gasteiger partial charge in [-0.2, -0.15) is 0 Å². The standard InChI is InChI=1S/C15H23NO3/c1-11(2)8-12-4-6-13(7-5-12)14(17)9-16(3)10-15(18)19/h4-7,11,14,17H,8-10H2,1-3H3,(H,18,19). The van der Waals surface area contributed by atoms with E-state index >= 15 is 0 Å². The molecule has 0 saturated heterocycles. The summed E-state index contributed by atoms with van der Waals surface area (Å²) in [6.07, 6.45) is 0.368. The van der Waals surface area contributed by atoms with Gasteiger partial charge in [-0.15, -0.1) is 0 Å². The highest BCUT2D eigenvalue weighted by molar-refractivity contribution is 5.69. The molecule has 0 aromatic heterocycles. The third-order valence-electron chi connectivity index (χ3n) is 2.90. The van der Waals surface area contributed by atoms with Crippen LogP contribution in [0.3, 0.4) is 0 Å². The van der Waals surface area contributed by atoms with Crippen LogP contribution in [0.1, 0.15) is 31.1 Å². The van der Waals surface area contributed by atoms with Gasteiger partial charge in [-0.3, -0.25) is 9.69 Å². The van der Waals surface area contributed by atoms with Crippen molar-refractivity contribution in [1.82, 2.24) is 4.90 Å². The van der Waals surface area contributed by atoms with Crippen LogP contribution < -0.4 is 0 Å². The predicted octanol–water partition coefficient (Wildman–Crippen LogP) is 1.93. The maximum Gasteiger partial charge on any atom is 0.317 e. The van der Waals surface area contributed by atoms with Crippen LogP contribution in [0.15, 0.2) is 24.3 Å². The van der Waals surface area contributed by atoms with Crippen LogP contribution in [0.5, 0.6) is 0 Å². The van der Waals surface area contributed by atoms with Crippen molar-refractivity contribution >= 4 is 5.97 Å². The smallest absolute Gasteiger partial charge is 0.317 e. The first-order valence-corrected chi connectivity index (χ1v) is 6.55. The fraction of sp³-hybridized carbons (Fsp3) is 0.533. The average Bonchev–Trinajstić information content (AvgIpc) is 2.27. The minimum Gasteiger partial charge on any atom is -0.480 e. The second-order valence-electron chi connectivity index (χ2n) is 5.45. The summed E-state index contributed by atoms with van der Waals surface area (Å²) in [7, 11) is 1.68. The van der Waals surface area contributed by atoms with Gasteiger partial charge in [0.25, 0.3) is 0 Å². The molecule has 0 heterocycles. The Morgan fingerprint density at radius 1 is 1.26 bits per heavy atom. The zero-order valence-electron chi connectivity index (χ0n) is 11.8. The first-order valence-electron chi connectivity index (χ1n) is 6.55. The summed E-state index contributed by atoms with van der Waals surface area (Å²) >= 11 is 0. The molecule has 0 aliphatic carbocycles. The summed E-state index contributed by atoms with van der Waals surface area (Å²) in [6, 6.07) is 7.87. The van der Waals surface area contributed by atoms with Crippen LogP contribution in [0.25, 0.3) is 0 Å². The van der Waals surface area contributed by atoms with Gasteiger partial charge in [0.1, 0.15) is 0 Å². The number of rotatable bonds is 7. The Balaban J connectivity index is 2.57. The molecule has 1 atom stereocenters. The Morgan fingerprint density at radius 2 is 1.84 bits per heavy atom. The molecule has 0 aliphatic heterocycles. The van der Waals surface area contributed by atoms with Gasteiger partial charge in [-0.1, -0.05) is 38.1 Å². The number of aliphatic carboxylic acids is 1. The van der Waals surface area contributed by atoms with Gasteiger partial charge in [-0.25, -0.2) is 0 Å². The molecule has 1 rings (SSSR count). The largest absolute Gasteiger partial charge is 0.480 e. The van der Waals surface area contributed by atoms with E-state index < -0.39 is 12.1 Å². The molecule has 1 aromatic carbocycles. The van der Waals surface area contributed by atoms with E-state index in [9.17, 15) is 9.90 Å². The number of likely N-dealkylation sites (N-methyl/N-ethyl adjacent to an activating group) is 1. The molecule has 0 bridgehead atoms. The maximum absolute atomic E-state index is 10.6. The zero-order valence-corrected chi connectivity index (χ0v) is 11.8. The number of carboxylic acid groups (broad SMARTS) is 1. The van der Waals surface area contributed by atoms with E-state index in [1.807, 2.05) is 24.3 Å². The second kappa shape index (κ2) is 7.26. The van der Waals surface area contributed by atoms with E-state index in [2.05, 4.69) is 13.8 Å². The monoisotopic (exact) mass is 265 g/mol. The van der Waals surface area contributed by atoms with Crippen molar-refractivity contribution in [3.05, 3.63) is 35.4 Å². The SMILES string of the molecule is CC(C)Cc1ccc(C(O)CN(C)CC(=O)O)cc1. The number of carboxylic acids is 1. The number of aliphatic hydroxyl groups excluding tert-OH is 1. The third kappa shape index (κ3) is 5.85. The van der Waals surface area contributed by atoms with E-state index in [1.54, 1.807) is 11.9 Å². The van der Waals surface area contributed by atoms with Crippen molar-refractivity contribution < 1.29 is 15.0 Å². The predicted molar refractivity (Wildman–Crippen MR) is 75.1 cm³/mol. The Hall–Kier alpha value is -1.39. The number of nitrogens with zero attached hydrogens (tertiary/aromatic N) is 1. The van der Waals surface area contributed by atoms with Gasteiger partial charge in [0.05, 0.1) is 12.6 Å². The minimum absolute atomic E-state index is 0.0670. The first-order chi connectivity index (χ1) is 8.88. The molecule has 4 nitrogen and oxygen atoms in total. The summed E-state index contributed by atoms with van der Waals surface area (Å²) < 4.78 is 0. The van der Waals surface area contributed by atoms with Gasteiger partial charge in [-0.05, 0) is 30.5 Å². The van der Waals surface area contributed by atoms with Crippen molar-refractivity contribution in [2.45, 2.75) is 26.4 Å². The van der Waals surface area contributed by atoms with E-state index in [0.717, 1.165) is 12.0 Å². The topological polar surface area (TPSA) is 60.8 Å². The molecule has 2 N–H and O–H groups in total. The lowest BCUT2D eigenvalue weighted by Crippen LogP contribution is -2.29. The van der Waals surface area contributed by atoms with Crippen molar-refractivity contribution in [2.75, 3.05) is 20.1 Å². The number of benzene rings is 1. The van der Waals surface area contributed by atoms with Gasteiger partial charge in [0.15, 0.2) is 0 Å². The molecule has 0 fully saturated rings. The number of aliphatic hydroxyl groups is 1. The molecule has 0 radical (unpaired) electrons. The number of hydrogen-bond donors (Lipinski definition) is 2. The van der Waals surface area contributed by atoms with Crippen LogP contribution in [0.2, 0.25) is 0 Å². The molecule has 106 valence electrons. The van der Waals surface area contributed by atoms with E-state index in [0.29, 0.717) is 12.5 Å². The normalized spacial score (nSPS) is 12.9. The third-order valence-corrected chi connectivity index (χ3v) is 2.90. The number of hydrogen-bond acceptors (Lipinski definition) is 3. The van der Waals surface area contributed by atoms with Crippen molar-refractivity contribution in [2.24, 2.45) is 5.92 Å². The highest BCUT2D eigenvalue weighted by Crippen LogP contribution is 2.16. The summed E-state index contributed by atoms with van der Waals surface area (Å²) in [5, 5.41) is 18.7. The average molecular weight is 265 g/mol. The van der Waals surface area contributed by atoms with Crippen LogP contribution >= 0.6 is 0 Å².